The number of hydrogen-bond acceptors (Lipinski definition) is 3. The third-order valence-electron chi connectivity index (χ3n) is 5.79. The van der Waals surface area contributed by atoms with Crippen LogP contribution in [0, 0.1) is 29.1 Å². The maximum atomic E-state index is 9.37. The Morgan fingerprint density at radius 3 is 2.35 bits per heavy atom. The van der Waals surface area contributed by atoms with Gasteiger partial charge in [0.25, 0.3) is 0 Å². The van der Waals surface area contributed by atoms with Gasteiger partial charge in [0, 0.05) is 11.1 Å². The maximum absolute atomic E-state index is 9.37. The Labute approximate surface area is 119 Å². The van der Waals surface area contributed by atoms with E-state index in [0.29, 0.717) is 12.2 Å². The third kappa shape index (κ3) is 1.73. The molecule has 1 aromatic heterocycles. The highest BCUT2D eigenvalue weighted by Gasteiger charge is 2.52. The van der Waals surface area contributed by atoms with Crippen molar-refractivity contribution in [2.24, 2.45) is 17.8 Å². The van der Waals surface area contributed by atoms with E-state index < -0.39 is 0 Å². The van der Waals surface area contributed by atoms with E-state index in [1.165, 1.54) is 44.2 Å². The largest absolute Gasteiger partial charge is 0.390 e. The van der Waals surface area contributed by atoms with Crippen molar-refractivity contribution in [2.45, 2.75) is 57.1 Å². The summed E-state index contributed by atoms with van der Waals surface area (Å²) in [6, 6.07) is 4.27. The molecule has 4 aliphatic carbocycles. The topological polar surface area (TPSA) is 61.8 Å². The number of aromatic nitrogens is 2. The highest BCUT2D eigenvalue weighted by Crippen LogP contribution is 2.60. The highest BCUT2D eigenvalue weighted by atomic mass is 16.3. The molecular weight excluding hydrogens is 250 g/mol. The summed E-state index contributed by atoms with van der Waals surface area (Å²) in [6.45, 7) is 0.273. The van der Waals surface area contributed by atoms with Gasteiger partial charge < -0.3 is 5.11 Å². The average Bonchev–Trinajstić information content (AvgIpc) is 2.81. The fraction of sp³-hybridized carbons (Fsp3) is 0.750. The molecule has 4 nitrogen and oxygen atoms in total. The Balaban J connectivity index is 1.76. The molecule has 4 aliphatic rings. The van der Waals surface area contributed by atoms with Crippen LogP contribution in [-0.4, -0.2) is 14.9 Å². The minimum absolute atomic E-state index is 0.0300. The van der Waals surface area contributed by atoms with Crippen LogP contribution in [0.25, 0.3) is 0 Å². The molecule has 106 valence electrons. The fourth-order valence-corrected chi connectivity index (χ4v) is 5.59. The van der Waals surface area contributed by atoms with Gasteiger partial charge >= 0.3 is 0 Å². The SMILES string of the molecule is N#CCn1nc(CO)cc1C12CC3CC(CC(C3)C1)C2. The lowest BCUT2D eigenvalue weighted by Gasteiger charge is -2.56. The Morgan fingerprint density at radius 1 is 1.25 bits per heavy atom. The van der Waals surface area contributed by atoms with Crippen LogP contribution in [0.2, 0.25) is 0 Å². The summed E-state index contributed by atoms with van der Waals surface area (Å²) in [4.78, 5) is 0. The van der Waals surface area contributed by atoms with Gasteiger partial charge in [0.2, 0.25) is 0 Å². The molecule has 0 spiro atoms. The van der Waals surface area contributed by atoms with Crippen LogP contribution >= 0.6 is 0 Å². The van der Waals surface area contributed by atoms with E-state index in [1.807, 2.05) is 4.68 Å². The zero-order valence-corrected chi connectivity index (χ0v) is 11.8. The van der Waals surface area contributed by atoms with Crippen molar-refractivity contribution >= 4 is 0 Å². The number of aliphatic hydroxyl groups is 1. The molecule has 0 atom stereocenters. The zero-order valence-electron chi connectivity index (χ0n) is 11.8. The second-order valence-electron chi connectivity index (χ2n) is 7.19. The Bertz CT molecular complexity index is 533. The Morgan fingerprint density at radius 2 is 1.85 bits per heavy atom. The second-order valence-corrected chi connectivity index (χ2v) is 7.19. The molecule has 0 radical (unpaired) electrons. The summed E-state index contributed by atoms with van der Waals surface area (Å²) < 4.78 is 1.86. The van der Waals surface area contributed by atoms with Gasteiger partial charge in [-0.2, -0.15) is 10.4 Å². The molecule has 4 bridgehead atoms. The zero-order chi connectivity index (χ0) is 13.7. The molecule has 1 N–H and O–H groups in total. The van der Waals surface area contributed by atoms with Crippen molar-refractivity contribution in [3.05, 3.63) is 17.5 Å². The Hall–Kier alpha value is -1.34. The average molecular weight is 271 g/mol. The predicted molar refractivity (Wildman–Crippen MR) is 73.6 cm³/mol. The number of rotatable bonds is 3. The molecule has 20 heavy (non-hydrogen) atoms. The summed E-state index contributed by atoms with van der Waals surface area (Å²) in [5, 5.41) is 22.8. The van der Waals surface area contributed by atoms with Gasteiger partial charge in [-0.05, 0) is 62.3 Å². The van der Waals surface area contributed by atoms with Crippen molar-refractivity contribution < 1.29 is 5.11 Å². The smallest absolute Gasteiger partial charge is 0.128 e. The van der Waals surface area contributed by atoms with Crippen LogP contribution in [0.15, 0.2) is 6.07 Å². The summed E-state index contributed by atoms with van der Waals surface area (Å²) in [7, 11) is 0. The van der Waals surface area contributed by atoms with Crippen LogP contribution in [-0.2, 0) is 18.6 Å². The molecule has 0 saturated heterocycles. The van der Waals surface area contributed by atoms with Gasteiger partial charge in [0.05, 0.1) is 18.4 Å². The van der Waals surface area contributed by atoms with E-state index in [1.54, 1.807) is 0 Å². The van der Waals surface area contributed by atoms with E-state index in [2.05, 4.69) is 17.2 Å². The van der Waals surface area contributed by atoms with E-state index in [4.69, 9.17) is 5.26 Å². The highest BCUT2D eigenvalue weighted by molar-refractivity contribution is 5.26. The predicted octanol–water partition coefficient (Wildman–Crippen LogP) is 2.37. The van der Waals surface area contributed by atoms with Gasteiger partial charge in [-0.3, -0.25) is 4.68 Å². The van der Waals surface area contributed by atoms with Crippen molar-refractivity contribution in [3.63, 3.8) is 0 Å². The molecule has 1 aromatic rings. The summed E-state index contributed by atoms with van der Waals surface area (Å²) in [5.41, 5.74) is 2.18. The van der Waals surface area contributed by atoms with Crippen LogP contribution in [0.5, 0.6) is 0 Å². The fourth-order valence-electron chi connectivity index (χ4n) is 5.59. The van der Waals surface area contributed by atoms with Gasteiger partial charge in [-0.15, -0.1) is 0 Å². The first-order valence-corrected chi connectivity index (χ1v) is 7.77. The van der Waals surface area contributed by atoms with Crippen LogP contribution in [0.3, 0.4) is 0 Å². The lowest BCUT2D eigenvalue weighted by atomic mass is 9.49. The monoisotopic (exact) mass is 271 g/mol. The molecule has 0 aliphatic heterocycles. The first kappa shape index (κ1) is 12.4. The van der Waals surface area contributed by atoms with Crippen LogP contribution < -0.4 is 0 Å². The van der Waals surface area contributed by atoms with Crippen LogP contribution in [0.4, 0.5) is 0 Å². The lowest BCUT2D eigenvalue weighted by Crippen LogP contribution is -2.49. The van der Waals surface area contributed by atoms with E-state index in [9.17, 15) is 5.11 Å². The summed E-state index contributed by atoms with van der Waals surface area (Å²) >= 11 is 0. The third-order valence-corrected chi connectivity index (χ3v) is 5.79. The van der Waals surface area contributed by atoms with Crippen molar-refractivity contribution in [1.82, 2.24) is 9.78 Å². The van der Waals surface area contributed by atoms with Gasteiger partial charge in [-0.25, -0.2) is 0 Å². The van der Waals surface area contributed by atoms with Gasteiger partial charge in [0.1, 0.15) is 6.54 Å². The number of hydrogen-bond donors (Lipinski definition) is 1. The van der Waals surface area contributed by atoms with E-state index >= 15 is 0 Å². The minimum atomic E-state index is -0.0300. The van der Waals surface area contributed by atoms with Gasteiger partial charge in [-0.1, -0.05) is 0 Å². The maximum Gasteiger partial charge on any atom is 0.128 e. The summed E-state index contributed by atoms with van der Waals surface area (Å²) in [6.07, 6.45) is 8.04. The van der Waals surface area contributed by atoms with E-state index in [0.717, 1.165) is 17.8 Å². The number of aliphatic hydroxyl groups excluding tert-OH is 1. The summed E-state index contributed by atoms with van der Waals surface area (Å²) in [5.74, 6) is 2.64. The molecule has 0 aromatic carbocycles. The van der Waals surface area contributed by atoms with Gasteiger partial charge in [0.15, 0.2) is 0 Å². The first-order valence-electron chi connectivity index (χ1n) is 7.77. The molecule has 5 rings (SSSR count). The Kier molecular flexibility index (Phi) is 2.68. The minimum Gasteiger partial charge on any atom is -0.390 e. The quantitative estimate of drug-likeness (QED) is 0.918. The molecule has 4 heteroatoms. The molecule has 4 fully saturated rings. The van der Waals surface area contributed by atoms with Crippen molar-refractivity contribution in [2.75, 3.05) is 0 Å². The van der Waals surface area contributed by atoms with Crippen molar-refractivity contribution in [1.29, 1.82) is 5.26 Å². The molecule has 0 amide bonds. The van der Waals surface area contributed by atoms with Crippen molar-refractivity contribution in [3.8, 4) is 6.07 Å². The standard InChI is InChI=1S/C16H21N3O/c17-1-2-19-15(6-14(10-20)18-19)16-7-11-3-12(8-16)5-13(4-11)9-16/h6,11-13,20H,2-5,7-10H2. The lowest BCUT2D eigenvalue weighted by molar-refractivity contribution is -0.00908. The number of nitrogens with zero attached hydrogens (tertiary/aromatic N) is 3. The normalized spacial score (nSPS) is 38.1. The second kappa shape index (κ2) is 4.33. The molecule has 1 heterocycles. The molecular formula is C16H21N3O. The molecule has 4 saturated carbocycles. The van der Waals surface area contributed by atoms with Crippen LogP contribution in [0.1, 0.15) is 49.9 Å². The first-order chi connectivity index (χ1) is 9.72. The molecule has 0 unspecified atom stereocenters. The number of nitriles is 1. The van der Waals surface area contributed by atoms with E-state index in [-0.39, 0.29) is 12.0 Å².